The Kier molecular flexibility index (Phi) is 5.57. The van der Waals surface area contributed by atoms with E-state index in [-0.39, 0.29) is 5.92 Å². The summed E-state index contributed by atoms with van der Waals surface area (Å²) in [5.74, 6) is 0.400. The summed E-state index contributed by atoms with van der Waals surface area (Å²) in [7, 11) is 0. The molecule has 0 bridgehead atoms. The molecular formula is C25H30N4OS. The van der Waals surface area contributed by atoms with Crippen molar-refractivity contribution in [2.24, 2.45) is 5.92 Å². The largest absolute Gasteiger partial charge is 0.368 e. The molecule has 0 spiro atoms. The molecular weight excluding hydrogens is 404 g/mol. The Bertz CT molecular complexity index is 1070. The normalized spacial score (nSPS) is 19.8. The Labute approximate surface area is 188 Å². The highest BCUT2D eigenvalue weighted by molar-refractivity contribution is 7.22. The van der Waals surface area contributed by atoms with Gasteiger partial charge in [0.15, 0.2) is 5.13 Å². The number of carbonyl (C=O) groups is 1. The molecule has 0 unspecified atom stereocenters. The van der Waals surface area contributed by atoms with Crippen molar-refractivity contribution < 1.29 is 4.79 Å². The number of anilines is 2. The summed E-state index contributed by atoms with van der Waals surface area (Å²) in [5.41, 5.74) is 4.87. The van der Waals surface area contributed by atoms with E-state index in [0.717, 1.165) is 62.8 Å². The van der Waals surface area contributed by atoms with Crippen LogP contribution in [-0.4, -0.2) is 55.1 Å². The average molecular weight is 435 g/mol. The highest BCUT2D eigenvalue weighted by atomic mass is 32.1. The fourth-order valence-electron chi connectivity index (χ4n) is 4.93. The lowest BCUT2D eigenvalue weighted by atomic mass is 9.96. The van der Waals surface area contributed by atoms with Crippen LogP contribution in [0.25, 0.3) is 10.2 Å². The Morgan fingerprint density at radius 1 is 1.00 bits per heavy atom. The van der Waals surface area contributed by atoms with E-state index in [0.29, 0.717) is 5.91 Å². The number of carbonyl (C=O) groups excluding carboxylic acids is 1. The number of amides is 1. The van der Waals surface area contributed by atoms with Gasteiger partial charge in [-0.05, 0) is 56.0 Å². The minimum atomic E-state index is 0.0758. The number of rotatable bonds is 3. The molecule has 6 heteroatoms. The van der Waals surface area contributed by atoms with Gasteiger partial charge in [-0.1, -0.05) is 35.6 Å². The van der Waals surface area contributed by atoms with E-state index in [1.165, 1.54) is 21.5 Å². The standard InChI is InChI=1S/C25H30N4OS/c1-18-15-19(2)23-22(16-18)31-25(26-23)29-10-6-7-20(17-29)24(30)28-13-11-27(12-14-28)21-8-4-3-5-9-21/h3-5,8-9,15-16,20H,6-7,10-14,17H2,1-2H3/t20-/m0/s1. The van der Waals surface area contributed by atoms with Crippen LogP contribution in [0.2, 0.25) is 0 Å². The number of hydrogen-bond acceptors (Lipinski definition) is 5. The monoisotopic (exact) mass is 434 g/mol. The first kappa shape index (κ1) is 20.3. The number of thiazole rings is 1. The molecule has 3 aromatic rings. The topological polar surface area (TPSA) is 39.7 Å². The number of hydrogen-bond donors (Lipinski definition) is 0. The third kappa shape index (κ3) is 4.13. The van der Waals surface area contributed by atoms with Crippen molar-refractivity contribution in [1.29, 1.82) is 0 Å². The summed E-state index contributed by atoms with van der Waals surface area (Å²) in [6.07, 6.45) is 2.03. The fourth-order valence-corrected chi connectivity index (χ4v) is 6.11. The Balaban J connectivity index is 1.24. The number of piperazine rings is 1. The molecule has 2 aromatic carbocycles. The maximum atomic E-state index is 13.3. The molecule has 5 nitrogen and oxygen atoms in total. The molecule has 0 aliphatic carbocycles. The van der Waals surface area contributed by atoms with E-state index in [4.69, 9.17) is 4.98 Å². The van der Waals surface area contributed by atoms with Crippen molar-refractivity contribution in [2.45, 2.75) is 26.7 Å². The van der Waals surface area contributed by atoms with E-state index in [1.54, 1.807) is 11.3 Å². The van der Waals surface area contributed by atoms with E-state index in [9.17, 15) is 4.79 Å². The van der Waals surface area contributed by atoms with Crippen LogP contribution in [0.3, 0.4) is 0 Å². The van der Waals surface area contributed by atoms with Gasteiger partial charge >= 0.3 is 0 Å². The third-order valence-electron chi connectivity index (χ3n) is 6.57. The van der Waals surface area contributed by atoms with Gasteiger partial charge in [-0.2, -0.15) is 0 Å². The van der Waals surface area contributed by atoms with Gasteiger partial charge in [-0.25, -0.2) is 4.98 Å². The maximum Gasteiger partial charge on any atom is 0.227 e. The summed E-state index contributed by atoms with van der Waals surface area (Å²) in [6.45, 7) is 9.48. The molecule has 2 fully saturated rings. The molecule has 162 valence electrons. The lowest BCUT2D eigenvalue weighted by molar-refractivity contribution is -0.136. The van der Waals surface area contributed by atoms with Crippen LogP contribution in [0.15, 0.2) is 42.5 Å². The van der Waals surface area contributed by atoms with E-state index in [1.807, 2.05) is 6.07 Å². The summed E-state index contributed by atoms with van der Waals surface area (Å²) < 4.78 is 1.25. The SMILES string of the molecule is Cc1cc(C)c2nc(N3CCC[C@H](C(=O)N4CCN(c5ccccc5)CC4)C3)sc2c1. The second-order valence-corrected chi connectivity index (χ2v) is 9.87. The van der Waals surface area contributed by atoms with Crippen molar-refractivity contribution in [3.05, 3.63) is 53.6 Å². The first-order valence-electron chi connectivity index (χ1n) is 11.3. The molecule has 2 saturated heterocycles. The van der Waals surface area contributed by atoms with Crippen molar-refractivity contribution in [2.75, 3.05) is 49.1 Å². The maximum absolute atomic E-state index is 13.3. The van der Waals surface area contributed by atoms with Crippen LogP contribution in [0, 0.1) is 19.8 Å². The van der Waals surface area contributed by atoms with Gasteiger partial charge in [0.1, 0.15) is 0 Å². The third-order valence-corrected chi connectivity index (χ3v) is 7.64. The minimum absolute atomic E-state index is 0.0758. The van der Waals surface area contributed by atoms with Crippen molar-refractivity contribution in [3.8, 4) is 0 Å². The lowest BCUT2D eigenvalue weighted by Gasteiger charge is -2.39. The summed E-state index contributed by atoms with van der Waals surface area (Å²) in [4.78, 5) is 25.0. The van der Waals surface area contributed by atoms with Gasteiger partial charge in [-0.3, -0.25) is 4.79 Å². The number of benzene rings is 2. The van der Waals surface area contributed by atoms with Crippen molar-refractivity contribution in [3.63, 3.8) is 0 Å². The molecule has 1 atom stereocenters. The second kappa shape index (κ2) is 8.50. The molecule has 3 heterocycles. The average Bonchev–Trinajstić information content (AvgIpc) is 3.24. The molecule has 1 aromatic heterocycles. The number of para-hydroxylation sites is 1. The summed E-state index contributed by atoms with van der Waals surface area (Å²) in [5, 5.41) is 1.06. The van der Waals surface area contributed by atoms with Crippen LogP contribution in [0.5, 0.6) is 0 Å². The Morgan fingerprint density at radius 2 is 1.77 bits per heavy atom. The minimum Gasteiger partial charge on any atom is -0.368 e. The smallest absolute Gasteiger partial charge is 0.227 e. The molecule has 2 aliphatic heterocycles. The van der Waals surface area contributed by atoms with Crippen molar-refractivity contribution >= 4 is 38.3 Å². The Hall–Kier alpha value is -2.60. The van der Waals surface area contributed by atoms with E-state index >= 15 is 0 Å². The lowest BCUT2D eigenvalue weighted by Crippen LogP contribution is -2.52. The molecule has 0 N–H and O–H groups in total. The quantitative estimate of drug-likeness (QED) is 0.609. The molecule has 0 radical (unpaired) electrons. The fraction of sp³-hybridized carbons (Fsp3) is 0.440. The van der Waals surface area contributed by atoms with Crippen LogP contribution in [0.4, 0.5) is 10.8 Å². The van der Waals surface area contributed by atoms with Gasteiger partial charge < -0.3 is 14.7 Å². The predicted molar refractivity (Wildman–Crippen MR) is 129 cm³/mol. The molecule has 1 amide bonds. The van der Waals surface area contributed by atoms with Gasteiger partial charge in [0, 0.05) is 45.0 Å². The summed E-state index contributed by atoms with van der Waals surface area (Å²) in [6, 6.07) is 14.9. The molecule has 31 heavy (non-hydrogen) atoms. The van der Waals surface area contributed by atoms with Crippen LogP contribution in [-0.2, 0) is 4.79 Å². The van der Waals surface area contributed by atoms with Crippen LogP contribution in [0.1, 0.15) is 24.0 Å². The van der Waals surface area contributed by atoms with E-state index in [2.05, 4.69) is 64.9 Å². The van der Waals surface area contributed by atoms with Gasteiger partial charge in [0.25, 0.3) is 0 Å². The predicted octanol–water partition coefficient (Wildman–Crippen LogP) is 4.48. The van der Waals surface area contributed by atoms with Crippen LogP contribution < -0.4 is 9.80 Å². The zero-order chi connectivity index (χ0) is 21.4. The zero-order valence-electron chi connectivity index (χ0n) is 18.4. The first-order valence-corrected chi connectivity index (χ1v) is 12.1. The molecule has 2 aliphatic rings. The summed E-state index contributed by atoms with van der Waals surface area (Å²) >= 11 is 1.76. The van der Waals surface area contributed by atoms with E-state index < -0.39 is 0 Å². The van der Waals surface area contributed by atoms with Gasteiger partial charge in [0.05, 0.1) is 16.1 Å². The number of aryl methyl sites for hydroxylation is 2. The van der Waals surface area contributed by atoms with Gasteiger partial charge in [-0.15, -0.1) is 0 Å². The number of fused-ring (bicyclic) bond motifs is 1. The highest BCUT2D eigenvalue weighted by Gasteiger charge is 2.32. The molecule has 0 saturated carbocycles. The van der Waals surface area contributed by atoms with Gasteiger partial charge in [0.2, 0.25) is 5.91 Å². The van der Waals surface area contributed by atoms with Crippen molar-refractivity contribution in [1.82, 2.24) is 9.88 Å². The zero-order valence-corrected chi connectivity index (χ0v) is 19.2. The number of nitrogens with zero attached hydrogens (tertiary/aromatic N) is 4. The number of aromatic nitrogens is 1. The first-order chi connectivity index (χ1) is 15.1. The second-order valence-electron chi connectivity index (χ2n) is 8.86. The van der Waals surface area contributed by atoms with Crippen LogP contribution >= 0.6 is 11.3 Å². The number of piperidine rings is 1. The molecule has 5 rings (SSSR count). The highest BCUT2D eigenvalue weighted by Crippen LogP contribution is 2.34. The Morgan fingerprint density at radius 3 is 2.55 bits per heavy atom.